The number of nitrogens with two attached hydrogens (primary N) is 1. The minimum atomic E-state index is -0.250. The van der Waals surface area contributed by atoms with Crippen molar-refractivity contribution in [3.63, 3.8) is 0 Å². The summed E-state index contributed by atoms with van der Waals surface area (Å²) < 4.78 is 6.36. The average molecular weight is 449 g/mol. The Morgan fingerprint density at radius 2 is 1.94 bits per heavy atom. The summed E-state index contributed by atoms with van der Waals surface area (Å²) in [5.41, 5.74) is 10.0. The van der Waals surface area contributed by atoms with E-state index in [1.807, 2.05) is 29.2 Å². The maximum Gasteiger partial charge on any atom is 0.290 e. The second kappa shape index (κ2) is 9.90. The molecule has 0 radical (unpaired) electrons. The van der Waals surface area contributed by atoms with Gasteiger partial charge in [0.25, 0.3) is 6.47 Å². The Balaban J connectivity index is 0.000000821. The van der Waals surface area contributed by atoms with E-state index in [4.69, 9.17) is 20.4 Å². The summed E-state index contributed by atoms with van der Waals surface area (Å²) in [4.78, 5) is 27.5. The number of hydrogen-bond donors (Lipinski definition) is 2. The van der Waals surface area contributed by atoms with E-state index in [0.717, 1.165) is 53.8 Å². The van der Waals surface area contributed by atoms with Crippen molar-refractivity contribution >= 4 is 18.2 Å². The molecule has 3 N–H and O–H groups in total. The van der Waals surface area contributed by atoms with Crippen LogP contribution in [0.5, 0.6) is 5.75 Å². The molecule has 0 unspecified atom stereocenters. The number of pyridine rings is 1. The van der Waals surface area contributed by atoms with Gasteiger partial charge in [-0.05, 0) is 44.6 Å². The van der Waals surface area contributed by atoms with E-state index in [1.54, 1.807) is 0 Å². The molecule has 8 nitrogen and oxygen atoms in total. The molecule has 2 heterocycles. The number of ether oxygens (including phenoxy) is 1. The van der Waals surface area contributed by atoms with Crippen molar-refractivity contribution in [1.29, 1.82) is 5.26 Å². The molecular formula is C25H28N4O4. The normalized spacial score (nSPS) is 17.4. The Bertz CT molecular complexity index is 1080. The first-order valence-corrected chi connectivity index (χ1v) is 11.4. The van der Waals surface area contributed by atoms with Gasteiger partial charge in [0.15, 0.2) is 0 Å². The van der Waals surface area contributed by atoms with E-state index >= 15 is 0 Å². The first-order valence-electron chi connectivity index (χ1n) is 11.4. The molecular weight excluding hydrogens is 420 g/mol. The number of anilines is 1. The van der Waals surface area contributed by atoms with Crippen LogP contribution in [0.15, 0.2) is 24.3 Å². The van der Waals surface area contributed by atoms with Gasteiger partial charge in [0.05, 0.1) is 11.8 Å². The standard InChI is InChI=1S/C24H26N4O2.CH2O2/c25-13-18-22(17-7-3-4-8-21(17)30-16-5-1-2-6-16)19-14-28(24(29)15-9-10-15)12-11-20(19)27-23(18)26;2-1-3/h3-4,7-8,15-16H,1-2,5-6,9-12,14H2,(H2,26,27);1H,(H,2,3). The van der Waals surface area contributed by atoms with Gasteiger partial charge in [0, 0.05) is 42.1 Å². The predicted molar refractivity (Wildman–Crippen MR) is 122 cm³/mol. The zero-order valence-corrected chi connectivity index (χ0v) is 18.5. The number of rotatable bonds is 4. The van der Waals surface area contributed by atoms with E-state index in [1.165, 1.54) is 12.8 Å². The molecule has 2 fully saturated rings. The van der Waals surface area contributed by atoms with Crippen molar-refractivity contribution in [1.82, 2.24) is 9.88 Å². The van der Waals surface area contributed by atoms with E-state index in [0.29, 0.717) is 25.1 Å². The summed E-state index contributed by atoms with van der Waals surface area (Å²) >= 11 is 0. The number of fused-ring (bicyclic) bond motifs is 1. The third-order valence-corrected chi connectivity index (χ3v) is 6.48. The van der Waals surface area contributed by atoms with Crippen LogP contribution in [-0.2, 0) is 22.6 Å². The average Bonchev–Trinajstić information content (AvgIpc) is 3.55. The molecule has 0 saturated heterocycles. The number of carbonyl (C=O) groups excluding carboxylic acids is 1. The zero-order chi connectivity index (χ0) is 23.4. The van der Waals surface area contributed by atoms with Crippen molar-refractivity contribution in [3.05, 3.63) is 41.1 Å². The molecule has 172 valence electrons. The molecule has 2 aromatic rings. The van der Waals surface area contributed by atoms with E-state index in [2.05, 4.69) is 11.1 Å². The summed E-state index contributed by atoms with van der Waals surface area (Å²) in [5, 5.41) is 16.8. The quantitative estimate of drug-likeness (QED) is 0.685. The highest BCUT2D eigenvalue weighted by Crippen LogP contribution is 2.41. The van der Waals surface area contributed by atoms with Gasteiger partial charge in [-0.25, -0.2) is 4.98 Å². The van der Waals surface area contributed by atoms with Gasteiger partial charge >= 0.3 is 0 Å². The Morgan fingerprint density at radius 1 is 1.24 bits per heavy atom. The fourth-order valence-electron chi connectivity index (χ4n) is 4.73. The van der Waals surface area contributed by atoms with E-state index in [9.17, 15) is 10.1 Å². The highest BCUT2D eigenvalue weighted by Gasteiger charge is 2.36. The van der Waals surface area contributed by atoms with Crippen LogP contribution in [-0.4, -0.2) is 40.0 Å². The number of benzene rings is 1. The summed E-state index contributed by atoms with van der Waals surface area (Å²) in [6.45, 7) is 0.875. The zero-order valence-electron chi connectivity index (χ0n) is 18.5. The van der Waals surface area contributed by atoms with Crippen molar-refractivity contribution in [2.45, 2.75) is 57.6 Å². The number of carbonyl (C=O) groups is 2. The highest BCUT2D eigenvalue weighted by atomic mass is 16.5. The summed E-state index contributed by atoms with van der Waals surface area (Å²) in [6.07, 6.45) is 7.31. The van der Waals surface area contributed by atoms with Gasteiger partial charge in [-0.2, -0.15) is 5.26 Å². The molecule has 33 heavy (non-hydrogen) atoms. The van der Waals surface area contributed by atoms with Crippen LogP contribution in [0, 0.1) is 17.2 Å². The monoisotopic (exact) mass is 448 g/mol. The SMILES string of the molecule is N#Cc1c(N)nc2c(c1-c1ccccc1OC1CCCC1)CN(C(=O)C1CC1)CC2.O=CO. The van der Waals surface area contributed by atoms with Crippen molar-refractivity contribution in [2.24, 2.45) is 5.92 Å². The minimum Gasteiger partial charge on any atom is -0.490 e. The van der Waals surface area contributed by atoms with E-state index < -0.39 is 0 Å². The molecule has 1 aromatic heterocycles. The third-order valence-electron chi connectivity index (χ3n) is 6.48. The lowest BCUT2D eigenvalue weighted by Crippen LogP contribution is -2.37. The van der Waals surface area contributed by atoms with Gasteiger partial charge < -0.3 is 20.5 Å². The molecule has 0 atom stereocenters. The van der Waals surface area contributed by atoms with Crippen molar-refractivity contribution in [2.75, 3.05) is 12.3 Å². The number of nitrogen functional groups attached to an aromatic ring is 1. The number of nitrogens with zero attached hydrogens (tertiary/aromatic N) is 3. The first-order chi connectivity index (χ1) is 16.1. The fraction of sp³-hybridized carbons (Fsp3) is 0.440. The molecule has 1 aromatic carbocycles. The van der Waals surface area contributed by atoms with Gasteiger partial charge in [-0.15, -0.1) is 0 Å². The minimum absolute atomic E-state index is 0.171. The number of nitriles is 1. The number of amides is 1. The smallest absolute Gasteiger partial charge is 0.290 e. The number of aromatic nitrogens is 1. The molecule has 5 rings (SSSR count). The lowest BCUT2D eigenvalue weighted by molar-refractivity contribution is -0.133. The van der Waals surface area contributed by atoms with Crippen LogP contribution in [0.2, 0.25) is 0 Å². The Labute approximate surface area is 193 Å². The van der Waals surface area contributed by atoms with Crippen LogP contribution in [0.3, 0.4) is 0 Å². The van der Waals surface area contributed by atoms with Crippen molar-refractivity contribution in [3.8, 4) is 22.9 Å². The largest absolute Gasteiger partial charge is 0.490 e. The Morgan fingerprint density at radius 3 is 2.61 bits per heavy atom. The second-order valence-electron chi connectivity index (χ2n) is 8.69. The molecule has 1 aliphatic heterocycles. The van der Waals surface area contributed by atoms with Crippen LogP contribution in [0.25, 0.3) is 11.1 Å². The van der Waals surface area contributed by atoms with Crippen molar-refractivity contribution < 1.29 is 19.4 Å². The Hall–Kier alpha value is -3.60. The lowest BCUT2D eigenvalue weighted by atomic mass is 9.90. The number of para-hydroxylation sites is 1. The highest BCUT2D eigenvalue weighted by molar-refractivity contribution is 5.85. The van der Waals surface area contributed by atoms with Gasteiger partial charge in [0.2, 0.25) is 5.91 Å². The van der Waals surface area contributed by atoms with Gasteiger partial charge in [-0.3, -0.25) is 9.59 Å². The summed E-state index contributed by atoms with van der Waals surface area (Å²) in [7, 11) is 0. The topological polar surface area (TPSA) is 130 Å². The molecule has 1 amide bonds. The number of carboxylic acid groups (broad SMARTS) is 1. The molecule has 2 aliphatic carbocycles. The van der Waals surface area contributed by atoms with Crippen LogP contribution in [0.4, 0.5) is 5.82 Å². The lowest BCUT2D eigenvalue weighted by Gasteiger charge is -2.31. The molecule has 8 heteroatoms. The second-order valence-corrected chi connectivity index (χ2v) is 8.69. The first kappa shape index (κ1) is 22.6. The molecule has 0 bridgehead atoms. The maximum atomic E-state index is 12.7. The van der Waals surface area contributed by atoms with Crippen LogP contribution in [0.1, 0.15) is 55.3 Å². The van der Waals surface area contributed by atoms with Gasteiger partial charge in [-0.1, -0.05) is 18.2 Å². The molecule has 3 aliphatic rings. The number of hydrogen-bond acceptors (Lipinski definition) is 6. The Kier molecular flexibility index (Phi) is 6.78. The van der Waals surface area contributed by atoms with Crippen LogP contribution >= 0.6 is 0 Å². The predicted octanol–water partition coefficient (Wildman–Crippen LogP) is 3.52. The third kappa shape index (κ3) is 4.77. The van der Waals surface area contributed by atoms with E-state index in [-0.39, 0.29) is 30.2 Å². The van der Waals surface area contributed by atoms with Gasteiger partial charge in [0.1, 0.15) is 23.2 Å². The summed E-state index contributed by atoms with van der Waals surface area (Å²) in [6, 6.07) is 10.1. The fourth-order valence-corrected chi connectivity index (χ4v) is 4.73. The maximum absolute atomic E-state index is 12.7. The van der Waals surface area contributed by atoms with Crippen LogP contribution < -0.4 is 10.5 Å². The summed E-state index contributed by atoms with van der Waals surface area (Å²) in [5.74, 6) is 1.42. The molecule has 2 saturated carbocycles. The molecule has 0 spiro atoms.